The number of carbonyl (C=O) groups excluding carboxylic acids is 1. The molecule has 0 saturated heterocycles. The van der Waals surface area contributed by atoms with Crippen molar-refractivity contribution in [2.75, 3.05) is 18.4 Å². The van der Waals surface area contributed by atoms with E-state index in [0.717, 1.165) is 0 Å². The van der Waals surface area contributed by atoms with Crippen molar-refractivity contribution < 1.29 is 24.6 Å². The molecule has 1 rings (SSSR count). The van der Waals surface area contributed by atoms with Crippen LogP contribution >= 0.6 is 0 Å². The molecule has 3 N–H and O–H groups in total. The van der Waals surface area contributed by atoms with Crippen LogP contribution in [-0.2, 0) is 9.59 Å². The van der Waals surface area contributed by atoms with Gasteiger partial charge >= 0.3 is 18.0 Å². The second kappa shape index (κ2) is 6.75. The van der Waals surface area contributed by atoms with Gasteiger partial charge in [-0.05, 0) is 12.1 Å². The number of nitriles is 1. The highest BCUT2D eigenvalue weighted by Crippen LogP contribution is 2.14. The number of aliphatic carboxylic acids is 2. The zero-order chi connectivity index (χ0) is 15.1. The number of urea groups is 1. The van der Waals surface area contributed by atoms with E-state index in [2.05, 4.69) is 5.32 Å². The van der Waals surface area contributed by atoms with E-state index in [0.29, 0.717) is 4.90 Å². The van der Waals surface area contributed by atoms with Crippen LogP contribution in [0.4, 0.5) is 10.5 Å². The fraction of sp³-hybridized carbons (Fsp3) is 0.167. The van der Waals surface area contributed by atoms with Gasteiger partial charge in [-0.1, -0.05) is 12.1 Å². The van der Waals surface area contributed by atoms with Crippen molar-refractivity contribution >= 4 is 23.7 Å². The number of benzene rings is 1. The van der Waals surface area contributed by atoms with Crippen LogP contribution < -0.4 is 5.32 Å². The topological polar surface area (TPSA) is 131 Å². The number of amides is 2. The van der Waals surface area contributed by atoms with Crippen LogP contribution in [0.5, 0.6) is 0 Å². The minimum absolute atomic E-state index is 0.181. The maximum atomic E-state index is 11.8. The minimum atomic E-state index is -1.34. The largest absolute Gasteiger partial charge is 0.480 e. The highest BCUT2D eigenvalue weighted by atomic mass is 16.4. The summed E-state index contributed by atoms with van der Waals surface area (Å²) in [5.74, 6) is -2.68. The Balaban J connectivity index is 2.87. The molecule has 20 heavy (non-hydrogen) atoms. The fourth-order valence-corrected chi connectivity index (χ4v) is 1.41. The molecule has 1 aromatic carbocycles. The third-order valence-corrected chi connectivity index (χ3v) is 2.23. The predicted molar refractivity (Wildman–Crippen MR) is 67.0 cm³/mol. The summed E-state index contributed by atoms with van der Waals surface area (Å²) in [4.78, 5) is 33.6. The number of nitrogens with zero attached hydrogens (tertiary/aromatic N) is 2. The van der Waals surface area contributed by atoms with Gasteiger partial charge in [0.25, 0.3) is 0 Å². The summed E-state index contributed by atoms with van der Waals surface area (Å²) in [5.41, 5.74) is 0.368. The Hall–Kier alpha value is -3.08. The third-order valence-electron chi connectivity index (χ3n) is 2.23. The molecule has 0 heterocycles. The molecule has 104 valence electrons. The lowest BCUT2D eigenvalue weighted by Gasteiger charge is -2.19. The molecule has 8 nitrogen and oxygen atoms in total. The first-order chi connectivity index (χ1) is 9.43. The van der Waals surface area contributed by atoms with E-state index in [-0.39, 0.29) is 11.3 Å². The number of carboxylic acids is 2. The smallest absolute Gasteiger partial charge is 0.323 e. The Morgan fingerprint density at radius 1 is 1.15 bits per heavy atom. The summed E-state index contributed by atoms with van der Waals surface area (Å²) in [7, 11) is 0. The first kappa shape index (κ1) is 15.0. The van der Waals surface area contributed by atoms with Crippen molar-refractivity contribution in [2.24, 2.45) is 0 Å². The number of rotatable bonds is 5. The van der Waals surface area contributed by atoms with E-state index < -0.39 is 31.1 Å². The van der Waals surface area contributed by atoms with Crippen LogP contribution in [0.2, 0.25) is 0 Å². The Kier molecular flexibility index (Phi) is 5.05. The highest BCUT2D eigenvalue weighted by Gasteiger charge is 2.20. The van der Waals surface area contributed by atoms with E-state index >= 15 is 0 Å². The first-order valence-corrected chi connectivity index (χ1v) is 5.42. The summed E-state index contributed by atoms with van der Waals surface area (Å²) in [6, 6.07) is 7.05. The van der Waals surface area contributed by atoms with Crippen molar-refractivity contribution in [3.8, 4) is 6.07 Å². The van der Waals surface area contributed by atoms with E-state index in [9.17, 15) is 14.4 Å². The van der Waals surface area contributed by atoms with Crippen molar-refractivity contribution in [3.63, 3.8) is 0 Å². The zero-order valence-electron chi connectivity index (χ0n) is 10.2. The fourth-order valence-electron chi connectivity index (χ4n) is 1.41. The Labute approximate surface area is 113 Å². The number of carboxylic acid groups (broad SMARTS) is 2. The van der Waals surface area contributed by atoms with Crippen LogP contribution in [0.15, 0.2) is 24.3 Å². The number of anilines is 1. The lowest BCUT2D eigenvalue weighted by Crippen LogP contribution is -2.42. The number of hydrogen-bond donors (Lipinski definition) is 3. The standard InChI is InChI=1S/C12H11N3O5/c13-5-8-3-1-2-4-9(8)14-12(20)15(6-10(16)17)7-11(18)19/h1-4H,6-7H2,(H,14,20)(H,16,17)(H,18,19). The minimum Gasteiger partial charge on any atom is -0.480 e. The first-order valence-electron chi connectivity index (χ1n) is 5.42. The highest BCUT2D eigenvalue weighted by molar-refractivity contribution is 5.94. The normalized spacial score (nSPS) is 9.35. The summed E-state index contributed by atoms with van der Waals surface area (Å²) in [5, 5.41) is 28.5. The van der Waals surface area contributed by atoms with Crippen LogP contribution in [0.3, 0.4) is 0 Å². The molecule has 0 spiro atoms. The molecular weight excluding hydrogens is 266 g/mol. The average molecular weight is 277 g/mol. The van der Waals surface area contributed by atoms with E-state index in [1.165, 1.54) is 12.1 Å². The molecule has 0 aliphatic rings. The predicted octanol–water partition coefficient (Wildman–Crippen LogP) is 0.561. The van der Waals surface area contributed by atoms with E-state index in [1.807, 2.05) is 6.07 Å². The molecule has 0 saturated carbocycles. The molecule has 0 aromatic heterocycles. The molecule has 0 aliphatic heterocycles. The van der Waals surface area contributed by atoms with Crippen LogP contribution in [0, 0.1) is 11.3 Å². The van der Waals surface area contributed by atoms with Crippen LogP contribution in [0.25, 0.3) is 0 Å². The molecule has 1 aromatic rings. The van der Waals surface area contributed by atoms with Gasteiger partial charge in [0.1, 0.15) is 19.2 Å². The number of nitrogens with one attached hydrogen (secondary N) is 1. The van der Waals surface area contributed by atoms with Gasteiger partial charge < -0.3 is 20.4 Å². The molecule has 0 atom stereocenters. The van der Waals surface area contributed by atoms with Crippen molar-refractivity contribution in [3.05, 3.63) is 29.8 Å². The maximum absolute atomic E-state index is 11.8. The third kappa shape index (κ3) is 4.30. The van der Waals surface area contributed by atoms with Crippen molar-refractivity contribution in [1.29, 1.82) is 5.26 Å². The number of carbonyl (C=O) groups is 3. The molecule has 2 amide bonds. The summed E-state index contributed by atoms with van der Waals surface area (Å²) < 4.78 is 0. The molecule has 0 bridgehead atoms. The van der Waals surface area contributed by atoms with Crippen LogP contribution in [-0.4, -0.2) is 46.2 Å². The molecule has 8 heteroatoms. The summed E-state index contributed by atoms with van der Waals surface area (Å²) in [6.07, 6.45) is 0. The van der Waals surface area contributed by atoms with Gasteiger partial charge in [-0.15, -0.1) is 0 Å². The van der Waals surface area contributed by atoms with Gasteiger partial charge in [0.05, 0.1) is 11.3 Å². The van der Waals surface area contributed by atoms with Gasteiger partial charge in [0.2, 0.25) is 0 Å². The Morgan fingerprint density at radius 3 is 2.20 bits per heavy atom. The van der Waals surface area contributed by atoms with Gasteiger partial charge in [-0.2, -0.15) is 5.26 Å². The van der Waals surface area contributed by atoms with Crippen LogP contribution in [0.1, 0.15) is 5.56 Å². The maximum Gasteiger partial charge on any atom is 0.323 e. The average Bonchev–Trinajstić information content (AvgIpc) is 2.37. The Bertz CT molecular complexity index is 563. The quantitative estimate of drug-likeness (QED) is 0.720. The second-order valence-electron chi connectivity index (χ2n) is 3.73. The van der Waals surface area contributed by atoms with Gasteiger partial charge in [0, 0.05) is 0 Å². The van der Waals surface area contributed by atoms with Crippen molar-refractivity contribution in [1.82, 2.24) is 4.90 Å². The van der Waals surface area contributed by atoms with E-state index in [1.54, 1.807) is 12.1 Å². The summed E-state index contributed by atoms with van der Waals surface area (Å²) >= 11 is 0. The molecule has 0 unspecified atom stereocenters. The van der Waals surface area contributed by atoms with Gasteiger partial charge in [-0.3, -0.25) is 9.59 Å². The van der Waals surface area contributed by atoms with E-state index in [4.69, 9.17) is 15.5 Å². The van der Waals surface area contributed by atoms with Gasteiger partial charge in [0.15, 0.2) is 0 Å². The second-order valence-corrected chi connectivity index (χ2v) is 3.73. The van der Waals surface area contributed by atoms with Crippen molar-refractivity contribution in [2.45, 2.75) is 0 Å². The molecule has 0 radical (unpaired) electrons. The van der Waals surface area contributed by atoms with Gasteiger partial charge in [-0.25, -0.2) is 4.79 Å². The monoisotopic (exact) mass is 277 g/mol. The summed E-state index contributed by atoms with van der Waals surface area (Å²) in [6.45, 7) is -1.51. The molecule has 0 aliphatic carbocycles. The number of para-hydroxylation sites is 1. The molecular formula is C12H11N3O5. The lowest BCUT2D eigenvalue weighted by atomic mass is 10.2. The lowest BCUT2D eigenvalue weighted by molar-refractivity contribution is -0.140. The SMILES string of the molecule is N#Cc1ccccc1NC(=O)N(CC(=O)O)CC(=O)O. The number of hydrogen-bond acceptors (Lipinski definition) is 4. The molecule has 0 fully saturated rings. The Morgan fingerprint density at radius 2 is 1.70 bits per heavy atom. The zero-order valence-corrected chi connectivity index (χ0v) is 10.2.